The monoisotopic (exact) mass is 288 g/mol. The van der Waals surface area contributed by atoms with Crippen LogP contribution in [-0.4, -0.2) is 22.1 Å². The number of halogens is 1. The van der Waals surface area contributed by atoms with Crippen molar-refractivity contribution in [3.63, 3.8) is 0 Å². The Morgan fingerprint density at radius 1 is 1.39 bits per heavy atom. The van der Waals surface area contributed by atoms with Crippen LogP contribution in [0.5, 0.6) is 0 Å². The lowest BCUT2D eigenvalue weighted by atomic mass is 9.84. The fraction of sp³-hybridized carbons (Fsp3) is 0.727. The molecule has 0 spiro atoms. The van der Waals surface area contributed by atoms with E-state index in [0.717, 1.165) is 17.8 Å². The van der Waals surface area contributed by atoms with Gasteiger partial charge in [-0.1, -0.05) is 11.3 Å². The average molecular weight is 289 g/mol. The first-order valence-corrected chi connectivity index (χ1v) is 6.83. The first kappa shape index (κ1) is 13.7. The van der Waals surface area contributed by atoms with Crippen LogP contribution in [0.3, 0.4) is 0 Å². The fourth-order valence-electron chi connectivity index (χ4n) is 3.26. The molecule has 5 nitrogen and oxygen atoms in total. The standard InChI is InChI=1S/C11H16N4OS.ClH/c1-5-14-15-11(17-5)13-10(16)8-6-2-3-7(4-6)9(8)12;/h6-9H,2-4,12H2,1H3,(H,13,15,16);1H. The van der Waals surface area contributed by atoms with Gasteiger partial charge in [-0.2, -0.15) is 0 Å². The first-order valence-electron chi connectivity index (χ1n) is 6.01. The molecule has 100 valence electrons. The zero-order valence-corrected chi connectivity index (χ0v) is 11.8. The van der Waals surface area contributed by atoms with E-state index in [1.165, 1.54) is 17.8 Å². The lowest BCUT2D eigenvalue weighted by Crippen LogP contribution is -2.42. The van der Waals surface area contributed by atoms with Crippen LogP contribution in [0.15, 0.2) is 0 Å². The van der Waals surface area contributed by atoms with E-state index in [1.54, 1.807) is 0 Å². The summed E-state index contributed by atoms with van der Waals surface area (Å²) in [5.41, 5.74) is 6.13. The summed E-state index contributed by atoms with van der Waals surface area (Å²) >= 11 is 1.40. The maximum Gasteiger partial charge on any atom is 0.231 e. The molecular formula is C11H17ClN4OS. The smallest absolute Gasteiger partial charge is 0.231 e. The minimum absolute atomic E-state index is 0. The van der Waals surface area contributed by atoms with Gasteiger partial charge in [-0.05, 0) is 38.0 Å². The van der Waals surface area contributed by atoms with Crippen molar-refractivity contribution in [3.8, 4) is 0 Å². The van der Waals surface area contributed by atoms with Crippen molar-refractivity contribution in [2.24, 2.45) is 23.5 Å². The number of nitrogens with one attached hydrogen (secondary N) is 1. The maximum atomic E-state index is 12.2. The van der Waals surface area contributed by atoms with Gasteiger partial charge in [-0.3, -0.25) is 4.79 Å². The molecule has 2 fully saturated rings. The Labute approximate surface area is 116 Å². The van der Waals surface area contributed by atoms with E-state index in [9.17, 15) is 4.79 Å². The molecule has 1 aromatic rings. The van der Waals surface area contributed by atoms with Crippen LogP contribution in [0, 0.1) is 24.7 Å². The quantitative estimate of drug-likeness (QED) is 0.866. The highest BCUT2D eigenvalue weighted by atomic mass is 35.5. The van der Waals surface area contributed by atoms with Crippen molar-refractivity contribution in [3.05, 3.63) is 5.01 Å². The number of fused-ring (bicyclic) bond motifs is 2. The Morgan fingerprint density at radius 3 is 2.67 bits per heavy atom. The van der Waals surface area contributed by atoms with Gasteiger partial charge in [0.2, 0.25) is 11.0 Å². The summed E-state index contributed by atoms with van der Waals surface area (Å²) in [6, 6.07) is 0.0303. The number of amides is 1. The third-order valence-corrected chi connectivity index (χ3v) is 4.79. The Kier molecular flexibility index (Phi) is 3.89. The zero-order chi connectivity index (χ0) is 12.0. The number of carbonyl (C=O) groups excluding carboxylic acids is 1. The second-order valence-electron chi connectivity index (χ2n) is 5.05. The van der Waals surface area contributed by atoms with Gasteiger partial charge >= 0.3 is 0 Å². The number of rotatable bonds is 2. The Bertz CT molecular complexity index is 450. The highest BCUT2D eigenvalue weighted by Gasteiger charge is 2.49. The van der Waals surface area contributed by atoms with Gasteiger partial charge in [0, 0.05) is 6.04 Å². The molecule has 2 bridgehead atoms. The molecule has 3 N–H and O–H groups in total. The predicted octanol–water partition coefficient (Wildman–Crippen LogP) is 1.58. The molecule has 2 aliphatic rings. The van der Waals surface area contributed by atoms with Crippen LogP contribution in [0.1, 0.15) is 24.3 Å². The fourth-order valence-corrected chi connectivity index (χ4v) is 3.86. The van der Waals surface area contributed by atoms with Crippen molar-refractivity contribution < 1.29 is 4.79 Å². The second kappa shape index (κ2) is 5.11. The summed E-state index contributed by atoms with van der Waals surface area (Å²) in [4.78, 5) is 12.2. The van der Waals surface area contributed by atoms with E-state index in [1.807, 2.05) is 6.92 Å². The van der Waals surface area contributed by atoms with Crippen molar-refractivity contribution >= 4 is 34.8 Å². The number of hydrogen-bond donors (Lipinski definition) is 2. The summed E-state index contributed by atoms with van der Waals surface area (Å²) in [5.74, 6) is 1.02. The number of nitrogens with zero attached hydrogens (tertiary/aromatic N) is 2. The van der Waals surface area contributed by atoms with Crippen LogP contribution in [0.4, 0.5) is 5.13 Å². The number of nitrogens with two attached hydrogens (primary N) is 1. The molecule has 18 heavy (non-hydrogen) atoms. The number of hydrogen-bond acceptors (Lipinski definition) is 5. The van der Waals surface area contributed by atoms with E-state index in [-0.39, 0.29) is 30.3 Å². The lowest BCUT2D eigenvalue weighted by molar-refractivity contribution is -0.121. The molecule has 7 heteroatoms. The third-order valence-electron chi connectivity index (χ3n) is 4.04. The summed E-state index contributed by atoms with van der Waals surface area (Å²) in [7, 11) is 0. The minimum atomic E-state index is -0.0297. The van der Waals surface area contributed by atoms with Crippen molar-refractivity contribution in [2.75, 3.05) is 5.32 Å². The number of aromatic nitrogens is 2. The van der Waals surface area contributed by atoms with Crippen LogP contribution in [0.25, 0.3) is 0 Å². The number of carbonyl (C=O) groups is 1. The van der Waals surface area contributed by atoms with Gasteiger partial charge in [-0.25, -0.2) is 0 Å². The minimum Gasteiger partial charge on any atom is -0.327 e. The van der Waals surface area contributed by atoms with Crippen LogP contribution < -0.4 is 11.1 Å². The van der Waals surface area contributed by atoms with Crippen LogP contribution >= 0.6 is 23.7 Å². The molecule has 4 unspecified atom stereocenters. The maximum absolute atomic E-state index is 12.2. The number of anilines is 1. The normalized spacial score (nSPS) is 33.2. The van der Waals surface area contributed by atoms with Gasteiger partial charge < -0.3 is 11.1 Å². The number of aryl methyl sites for hydroxylation is 1. The third kappa shape index (κ3) is 2.24. The van der Waals surface area contributed by atoms with E-state index >= 15 is 0 Å². The molecule has 0 aromatic carbocycles. The van der Waals surface area contributed by atoms with Crippen molar-refractivity contribution in [1.82, 2.24) is 10.2 Å². The van der Waals surface area contributed by atoms with E-state index in [4.69, 9.17) is 5.73 Å². The summed E-state index contributed by atoms with van der Waals surface area (Å²) in [6.07, 6.45) is 3.45. The molecule has 0 saturated heterocycles. The molecule has 1 aromatic heterocycles. The average Bonchev–Trinajstić information content (AvgIpc) is 2.94. The Morgan fingerprint density at radius 2 is 2.11 bits per heavy atom. The Hall–Kier alpha value is -0.720. The van der Waals surface area contributed by atoms with Crippen molar-refractivity contribution in [1.29, 1.82) is 0 Å². The van der Waals surface area contributed by atoms with Crippen LogP contribution in [-0.2, 0) is 4.79 Å². The lowest BCUT2D eigenvalue weighted by Gasteiger charge is -2.26. The highest BCUT2D eigenvalue weighted by Crippen LogP contribution is 2.47. The highest BCUT2D eigenvalue weighted by molar-refractivity contribution is 7.15. The molecule has 4 atom stereocenters. The summed E-state index contributed by atoms with van der Waals surface area (Å²) in [6.45, 7) is 1.87. The van der Waals surface area contributed by atoms with Gasteiger partial charge in [0.25, 0.3) is 0 Å². The summed E-state index contributed by atoms with van der Waals surface area (Å²) < 4.78 is 0. The molecule has 1 heterocycles. The van der Waals surface area contributed by atoms with Gasteiger partial charge in [-0.15, -0.1) is 22.6 Å². The van der Waals surface area contributed by atoms with E-state index in [2.05, 4.69) is 15.5 Å². The molecule has 2 saturated carbocycles. The van der Waals surface area contributed by atoms with E-state index < -0.39 is 0 Å². The first-order chi connectivity index (χ1) is 8.15. The SMILES string of the molecule is Cc1nnc(NC(=O)C2C3CCC(C3)C2N)s1.Cl. The Balaban J connectivity index is 0.00000120. The molecule has 2 aliphatic carbocycles. The van der Waals surface area contributed by atoms with Crippen molar-refractivity contribution in [2.45, 2.75) is 32.2 Å². The predicted molar refractivity (Wildman–Crippen MR) is 72.8 cm³/mol. The molecule has 1 amide bonds. The topological polar surface area (TPSA) is 80.9 Å². The van der Waals surface area contributed by atoms with Crippen LogP contribution in [0.2, 0.25) is 0 Å². The van der Waals surface area contributed by atoms with Gasteiger partial charge in [0.05, 0.1) is 5.92 Å². The molecule has 3 rings (SSSR count). The van der Waals surface area contributed by atoms with Gasteiger partial charge in [0.15, 0.2) is 0 Å². The second-order valence-corrected chi connectivity index (χ2v) is 6.23. The largest absolute Gasteiger partial charge is 0.327 e. The van der Waals surface area contributed by atoms with E-state index in [0.29, 0.717) is 17.0 Å². The summed E-state index contributed by atoms with van der Waals surface area (Å²) in [5, 5.41) is 12.1. The molecule has 0 radical (unpaired) electrons. The molecule has 0 aliphatic heterocycles. The zero-order valence-electron chi connectivity index (χ0n) is 10.1. The molecular weight excluding hydrogens is 272 g/mol. The van der Waals surface area contributed by atoms with Gasteiger partial charge in [0.1, 0.15) is 5.01 Å².